The Morgan fingerprint density at radius 3 is 2.82 bits per heavy atom. The van der Waals surface area contributed by atoms with Gasteiger partial charge in [-0.3, -0.25) is 0 Å². The first kappa shape index (κ1) is 12.3. The average Bonchev–Trinajstić information content (AvgIpc) is 2.48. The highest BCUT2D eigenvalue weighted by atomic mass is 19.1. The van der Waals surface area contributed by atoms with Crippen LogP contribution < -0.4 is 10.2 Å². The summed E-state index contributed by atoms with van der Waals surface area (Å²) < 4.78 is 27.3. The van der Waals surface area contributed by atoms with Gasteiger partial charge >= 0.3 is 0 Å². The summed E-state index contributed by atoms with van der Waals surface area (Å²) >= 11 is 0. The van der Waals surface area contributed by atoms with Crippen LogP contribution in [0.2, 0.25) is 0 Å². The van der Waals surface area contributed by atoms with Crippen molar-refractivity contribution in [2.24, 2.45) is 5.92 Å². The molecular weight excluding hydrogens is 222 g/mol. The largest absolute Gasteiger partial charge is 0.367 e. The number of nitrogens with one attached hydrogen (secondary N) is 1. The van der Waals surface area contributed by atoms with E-state index in [1.54, 1.807) is 6.92 Å². The highest BCUT2D eigenvalue weighted by Gasteiger charge is 2.18. The minimum Gasteiger partial charge on any atom is -0.367 e. The van der Waals surface area contributed by atoms with E-state index in [1.807, 2.05) is 4.90 Å². The van der Waals surface area contributed by atoms with E-state index in [1.165, 1.54) is 12.1 Å². The Morgan fingerprint density at radius 2 is 2.06 bits per heavy atom. The molecule has 0 bridgehead atoms. The number of hydrogen-bond donors (Lipinski definition) is 1. The molecule has 94 valence electrons. The molecule has 0 aliphatic carbocycles. The van der Waals surface area contributed by atoms with Crippen LogP contribution in [-0.4, -0.2) is 26.2 Å². The van der Waals surface area contributed by atoms with Gasteiger partial charge in [0, 0.05) is 25.7 Å². The van der Waals surface area contributed by atoms with Gasteiger partial charge in [-0.2, -0.15) is 0 Å². The quantitative estimate of drug-likeness (QED) is 0.810. The van der Waals surface area contributed by atoms with Crippen molar-refractivity contribution < 1.29 is 8.78 Å². The van der Waals surface area contributed by atoms with Gasteiger partial charge in [-0.1, -0.05) is 6.92 Å². The molecule has 1 aliphatic rings. The summed E-state index contributed by atoms with van der Waals surface area (Å²) in [5.74, 6) is -0.245. The summed E-state index contributed by atoms with van der Waals surface area (Å²) in [4.78, 5) is 1.92. The van der Waals surface area contributed by atoms with Crippen LogP contribution in [0.5, 0.6) is 0 Å². The van der Waals surface area contributed by atoms with Gasteiger partial charge in [0.2, 0.25) is 0 Å². The molecule has 0 saturated carbocycles. The van der Waals surface area contributed by atoms with Crippen LogP contribution >= 0.6 is 0 Å². The van der Waals surface area contributed by atoms with E-state index in [0.29, 0.717) is 23.7 Å². The minimum atomic E-state index is -0.341. The second kappa shape index (κ2) is 5.00. The maximum absolute atomic E-state index is 13.8. The molecule has 2 nitrogen and oxygen atoms in total. The van der Waals surface area contributed by atoms with Crippen LogP contribution in [0.15, 0.2) is 12.1 Å². The number of anilines is 1. The number of halogens is 2. The molecule has 1 aromatic carbocycles. The lowest BCUT2D eigenvalue weighted by molar-refractivity contribution is 0.554. The lowest BCUT2D eigenvalue weighted by Crippen LogP contribution is -2.30. The summed E-state index contributed by atoms with van der Waals surface area (Å²) in [6.07, 6.45) is 0. The van der Waals surface area contributed by atoms with Crippen LogP contribution in [-0.2, 0) is 0 Å². The zero-order chi connectivity index (χ0) is 12.4. The van der Waals surface area contributed by atoms with Crippen LogP contribution in [0.1, 0.15) is 12.5 Å². The van der Waals surface area contributed by atoms with E-state index in [2.05, 4.69) is 12.2 Å². The fourth-order valence-electron chi connectivity index (χ4n) is 2.19. The van der Waals surface area contributed by atoms with Crippen molar-refractivity contribution in [2.75, 3.05) is 31.1 Å². The Labute approximate surface area is 101 Å². The fraction of sp³-hybridized carbons (Fsp3) is 0.538. The standard InChI is InChI=1S/C13H18F2N2/c1-9-7-16-3-4-17(8-9)13-6-11(14)10(2)5-12(13)15/h5-6,9,16H,3-4,7-8H2,1-2H3. The van der Waals surface area contributed by atoms with Gasteiger partial charge in [0.1, 0.15) is 11.6 Å². The third-order valence-corrected chi connectivity index (χ3v) is 3.15. The molecule has 1 aliphatic heterocycles. The molecule has 0 spiro atoms. The molecule has 1 saturated heterocycles. The summed E-state index contributed by atoms with van der Waals surface area (Å²) in [6.45, 7) is 6.88. The van der Waals surface area contributed by atoms with Crippen LogP contribution in [0, 0.1) is 24.5 Å². The van der Waals surface area contributed by atoms with Crippen molar-refractivity contribution in [3.8, 4) is 0 Å². The van der Waals surface area contributed by atoms with Crippen molar-refractivity contribution >= 4 is 5.69 Å². The maximum Gasteiger partial charge on any atom is 0.146 e. The van der Waals surface area contributed by atoms with Crippen molar-refractivity contribution in [1.82, 2.24) is 5.32 Å². The summed E-state index contributed by atoms with van der Waals surface area (Å²) in [5, 5.41) is 3.28. The van der Waals surface area contributed by atoms with E-state index in [0.717, 1.165) is 19.6 Å². The number of rotatable bonds is 1. The zero-order valence-corrected chi connectivity index (χ0v) is 10.3. The third kappa shape index (κ3) is 2.75. The second-order valence-electron chi connectivity index (χ2n) is 4.81. The highest BCUT2D eigenvalue weighted by molar-refractivity contribution is 5.50. The third-order valence-electron chi connectivity index (χ3n) is 3.15. The molecule has 4 heteroatoms. The van der Waals surface area contributed by atoms with Crippen molar-refractivity contribution in [2.45, 2.75) is 13.8 Å². The second-order valence-corrected chi connectivity index (χ2v) is 4.81. The number of hydrogen-bond acceptors (Lipinski definition) is 2. The van der Waals surface area contributed by atoms with E-state index < -0.39 is 0 Å². The van der Waals surface area contributed by atoms with Crippen LogP contribution in [0.4, 0.5) is 14.5 Å². The van der Waals surface area contributed by atoms with Gasteiger partial charge in [-0.25, -0.2) is 8.78 Å². The molecule has 1 fully saturated rings. The number of benzene rings is 1. The molecule has 1 heterocycles. The molecule has 2 rings (SSSR count). The van der Waals surface area contributed by atoms with Gasteiger partial charge in [0.25, 0.3) is 0 Å². The topological polar surface area (TPSA) is 15.3 Å². The van der Waals surface area contributed by atoms with E-state index in [4.69, 9.17) is 0 Å². The summed E-state index contributed by atoms with van der Waals surface area (Å²) in [7, 11) is 0. The Bertz CT molecular complexity index is 407. The molecule has 17 heavy (non-hydrogen) atoms. The maximum atomic E-state index is 13.8. The Hall–Kier alpha value is -1.16. The first-order valence-electron chi connectivity index (χ1n) is 5.99. The predicted octanol–water partition coefficient (Wildman–Crippen LogP) is 2.32. The number of aryl methyl sites for hydroxylation is 1. The van der Waals surface area contributed by atoms with E-state index >= 15 is 0 Å². The van der Waals surface area contributed by atoms with Gasteiger partial charge in [0.05, 0.1) is 5.69 Å². The van der Waals surface area contributed by atoms with Crippen molar-refractivity contribution in [3.05, 3.63) is 29.3 Å². The normalized spacial score (nSPS) is 21.4. The Morgan fingerprint density at radius 1 is 1.29 bits per heavy atom. The van der Waals surface area contributed by atoms with E-state index in [9.17, 15) is 8.78 Å². The zero-order valence-electron chi connectivity index (χ0n) is 10.3. The fourth-order valence-corrected chi connectivity index (χ4v) is 2.19. The van der Waals surface area contributed by atoms with Crippen LogP contribution in [0.3, 0.4) is 0 Å². The van der Waals surface area contributed by atoms with Gasteiger partial charge in [-0.05, 0) is 31.0 Å². The highest BCUT2D eigenvalue weighted by Crippen LogP contribution is 2.24. The molecule has 0 radical (unpaired) electrons. The van der Waals surface area contributed by atoms with Crippen molar-refractivity contribution in [3.63, 3.8) is 0 Å². The van der Waals surface area contributed by atoms with Gasteiger partial charge < -0.3 is 10.2 Å². The SMILES string of the molecule is Cc1cc(F)c(N2CCNCC(C)C2)cc1F. The first-order valence-corrected chi connectivity index (χ1v) is 5.99. The smallest absolute Gasteiger partial charge is 0.146 e. The molecule has 1 unspecified atom stereocenters. The predicted molar refractivity (Wildman–Crippen MR) is 65.3 cm³/mol. The van der Waals surface area contributed by atoms with Gasteiger partial charge in [-0.15, -0.1) is 0 Å². The molecule has 0 amide bonds. The summed E-state index contributed by atoms with van der Waals surface area (Å²) in [6, 6.07) is 2.58. The molecule has 1 N–H and O–H groups in total. The minimum absolute atomic E-state index is 0.335. The van der Waals surface area contributed by atoms with Crippen molar-refractivity contribution in [1.29, 1.82) is 0 Å². The summed E-state index contributed by atoms with van der Waals surface area (Å²) in [5.41, 5.74) is 0.732. The molecule has 0 aromatic heterocycles. The lowest BCUT2D eigenvalue weighted by atomic mass is 10.1. The Kier molecular flexibility index (Phi) is 3.62. The number of nitrogens with zero attached hydrogens (tertiary/aromatic N) is 1. The first-order chi connectivity index (χ1) is 8.08. The van der Waals surface area contributed by atoms with Crippen LogP contribution in [0.25, 0.3) is 0 Å². The average molecular weight is 240 g/mol. The van der Waals surface area contributed by atoms with E-state index in [-0.39, 0.29) is 11.6 Å². The monoisotopic (exact) mass is 240 g/mol. The molecular formula is C13H18F2N2. The lowest BCUT2D eigenvalue weighted by Gasteiger charge is -2.25. The van der Waals surface area contributed by atoms with Gasteiger partial charge in [0.15, 0.2) is 0 Å². The molecule has 1 aromatic rings. The molecule has 1 atom stereocenters. The Balaban J connectivity index is 2.28.